The summed E-state index contributed by atoms with van der Waals surface area (Å²) in [5.74, 6) is 2.09. The maximum absolute atomic E-state index is 4.95. The summed E-state index contributed by atoms with van der Waals surface area (Å²) < 4.78 is 0. The molecule has 0 spiro atoms. The minimum absolute atomic E-state index is 0.900. The van der Waals surface area contributed by atoms with Gasteiger partial charge >= 0.3 is 0 Å². The van der Waals surface area contributed by atoms with E-state index in [2.05, 4.69) is 36.9 Å². The summed E-state index contributed by atoms with van der Waals surface area (Å²) in [7, 11) is 0. The lowest BCUT2D eigenvalue weighted by molar-refractivity contribution is 0.366. The molecule has 0 atom stereocenters. The third-order valence-electron chi connectivity index (χ3n) is 4.61. The number of thioether (sulfide) groups is 1. The molecule has 2 nitrogen and oxygen atoms in total. The molecule has 0 aromatic heterocycles. The number of hydrogen-bond acceptors (Lipinski definition) is 2. The number of hydrogen-bond donors (Lipinski definition) is 0. The molecule has 0 bridgehead atoms. The molecule has 0 amide bonds. The number of aryl methyl sites for hydroxylation is 1. The Kier molecular flexibility index (Phi) is 4.35. The van der Waals surface area contributed by atoms with Gasteiger partial charge in [-0.3, -0.25) is 0 Å². The van der Waals surface area contributed by atoms with E-state index < -0.39 is 0 Å². The van der Waals surface area contributed by atoms with E-state index >= 15 is 0 Å². The van der Waals surface area contributed by atoms with Crippen molar-refractivity contribution in [3.8, 4) is 0 Å². The third-order valence-corrected chi connectivity index (χ3v) is 5.60. The van der Waals surface area contributed by atoms with Crippen molar-refractivity contribution in [2.45, 2.75) is 39.5 Å². The van der Waals surface area contributed by atoms with Gasteiger partial charge in [0.1, 0.15) is 0 Å². The van der Waals surface area contributed by atoms with Gasteiger partial charge in [-0.1, -0.05) is 36.7 Å². The number of nitrogens with zero attached hydrogens (tertiary/aromatic N) is 2. The highest BCUT2D eigenvalue weighted by Crippen LogP contribution is 2.30. The average molecular weight is 288 g/mol. The summed E-state index contributed by atoms with van der Waals surface area (Å²) in [6.07, 6.45) is 5.68. The molecule has 3 heteroatoms. The highest BCUT2D eigenvalue weighted by Gasteiger charge is 2.24. The highest BCUT2D eigenvalue weighted by molar-refractivity contribution is 8.14. The summed E-state index contributed by atoms with van der Waals surface area (Å²) >= 11 is 1.92. The van der Waals surface area contributed by atoms with Gasteiger partial charge in [-0.15, -0.1) is 0 Å². The van der Waals surface area contributed by atoms with Crippen LogP contribution in [0.2, 0.25) is 0 Å². The van der Waals surface area contributed by atoms with E-state index in [1.807, 2.05) is 11.8 Å². The monoisotopic (exact) mass is 288 g/mol. The van der Waals surface area contributed by atoms with E-state index in [0.717, 1.165) is 11.6 Å². The average Bonchev–Trinajstić information content (AvgIpc) is 3.08. The first-order valence-electron chi connectivity index (χ1n) is 7.76. The van der Waals surface area contributed by atoms with Crippen LogP contribution in [0.15, 0.2) is 23.2 Å². The maximum atomic E-state index is 4.95. The SMILES string of the molecule is Cc1cccc(/N=C2\SCCN2CC2CCCC2)c1C. The first-order valence-corrected chi connectivity index (χ1v) is 8.75. The summed E-state index contributed by atoms with van der Waals surface area (Å²) in [4.78, 5) is 7.46. The molecule has 1 aliphatic heterocycles. The molecular formula is C17H24N2S. The van der Waals surface area contributed by atoms with Gasteiger partial charge in [0, 0.05) is 18.8 Å². The van der Waals surface area contributed by atoms with Crippen LogP contribution >= 0.6 is 11.8 Å². The van der Waals surface area contributed by atoms with Crippen LogP contribution in [-0.4, -0.2) is 28.9 Å². The number of rotatable bonds is 3. The van der Waals surface area contributed by atoms with Crippen molar-refractivity contribution in [1.29, 1.82) is 0 Å². The van der Waals surface area contributed by atoms with Crippen molar-refractivity contribution < 1.29 is 0 Å². The van der Waals surface area contributed by atoms with Crippen LogP contribution in [0.5, 0.6) is 0 Å². The van der Waals surface area contributed by atoms with Gasteiger partial charge in [0.15, 0.2) is 5.17 Å². The zero-order valence-electron chi connectivity index (χ0n) is 12.6. The number of benzene rings is 1. The summed E-state index contributed by atoms with van der Waals surface area (Å²) in [5, 5.41) is 1.24. The smallest absolute Gasteiger partial charge is 0.164 e. The van der Waals surface area contributed by atoms with Crippen molar-refractivity contribution in [2.24, 2.45) is 10.9 Å². The third kappa shape index (κ3) is 3.03. The van der Waals surface area contributed by atoms with E-state index in [9.17, 15) is 0 Å². The van der Waals surface area contributed by atoms with Gasteiger partial charge in [-0.05, 0) is 49.8 Å². The second-order valence-electron chi connectivity index (χ2n) is 6.06. The van der Waals surface area contributed by atoms with Crippen LogP contribution in [-0.2, 0) is 0 Å². The molecule has 20 heavy (non-hydrogen) atoms. The van der Waals surface area contributed by atoms with Crippen LogP contribution in [0.1, 0.15) is 36.8 Å². The fraction of sp³-hybridized carbons (Fsp3) is 0.588. The topological polar surface area (TPSA) is 15.6 Å². The van der Waals surface area contributed by atoms with E-state index in [4.69, 9.17) is 4.99 Å². The zero-order chi connectivity index (χ0) is 13.9. The van der Waals surface area contributed by atoms with Crippen molar-refractivity contribution in [3.05, 3.63) is 29.3 Å². The maximum Gasteiger partial charge on any atom is 0.164 e. The minimum atomic E-state index is 0.900. The molecule has 1 saturated carbocycles. The van der Waals surface area contributed by atoms with Gasteiger partial charge in [0.2, 0.25) is 0 Å². The summed E-state index contributed by atoms with van der Waals surface area (Å²) in [5.41, 5.74) is 3.79. The van der Waals surface area contributed by atoms with Crippen molar-refractivity contribution in [2.75, 3.05) is 18.8 Å². The molecule has 2 aliphatic rings. The van der Waals surface area contributed by atoms with Gasteiger partial charge in [-0.25, -0.2) is 4.99 Å². The fourth-order valence-electron chi connectivity index (χ4n) is 3.17. The largest absolute Gasteiger partial charge is 0.350 e. The normalized spacial score (nSPS) is 22.1. The lowest BCUT2D eigenvalue weighted by atomic mass is 10.1. The van der Waals surface area contributed by atoms with Crippen molar-refractivity contribution in [3.63, 3.8) is 0 Å². The van der Waals surface area contributed by atoms with E-state index in [-0.39, 0.29) is 0 Å². The van der Waals surface area contributed by atoms with Gasteiger partial charge < -0.3 is 4.90 Å². The molecule has 0 radical (unpaired) electrons. The van der Waals surface area contributed by atoms with Gasteiger partial charge in [0.05, 0.1) is 5.69 Å². The molecule has 1 saturated heterocycles. The second-order valence-corrected chi connectivity index (χ2v) is 7.12. The summed E-state index contributed by atoms with van der Waals surface area (Å²) in [6.45, 7) is 6.73. The Morgan fingerprint density at radius 2 is 2.05 bits per heavy atom. The van der Waals surface area contributed by atoms with Crippen molar-refractivity contribution in [1.82, 2.24) is 4.90 Å². The standard InChI is InChI=1S/C17H24N2S/c1-13-6-5-9-16(14(13)2)18-17-19(10-11-20-17)12-15-7-3-4-8-15/h5-6,9,15H,3-4,7-8,10-12H2,1-2H3/b18-17-. The Hall–Kier alpha value is -0.960. The first-order chi connectivity index (χ1) is 9.74. The molecule has 1 aromatic carbocycles. The molecule has 3 rings (SSSR count). The van der Waals surface area contributed by atoms with Crippen molar-refractivity contribution >= 4 is 22.6 Å². The van der Waals surface area contributed by atoms with E-state index in [0.29, 0.717) is 0 Å². The number of aliphatic imine (C=N–C) groups is 1. The molecule has 1 aromatic rings. The van der Waals surface area contributed by atoms with Crippen LogP contribution in [0, 0.1) is 19.8 Å². The molecular weight excluding hydrogens is 264 g/mol. The van der Waals surface area contributed by atoms with Crippen LogP contribution in [0.3, 0.4) is 0 Å². The van der Waals surface area contributed by atoms with Crippen LogP contribution in [0.25, 0.3) is 0 Å². The Bertz CT molecular complexity index is 504. The zero-order valence-corrected chi connectivity index (χ0v) is 13.4. The highest BCUT2D eigenvalue weighted by atomic mass is 32.2. The molecule has 0 unspecified atom stereocenters. The molecule has 2 fully saturated rings. The fourth-order valence-corrected chi connectivity index (χ4v) is 4.18. The van der Waals surface area contributed by atoms with E-state index in [1.165, 1.54) is 60.8 Å². The van der Waals surface area contributed by atoms with Crippen LogP contribution < -0.4 is 0 Å². The second kappa shape index (κ2) is 6.21. The lowest BCUT2D eigenvalue weighted by Crippen LogP contribution is -2.29. The predicted molar refractivity (Wildman–Crippen MR) is 89.0 cm³/mol. The Morgan fingerprint density at radius 3 is 2.85 bits per heavy atom. The van der Waals surface area contributed by atoms with Gasteiger partial charge in [-0.2, -0.15) is 0 Å². The Labute approximate surface area is 126 Å². The van der Waals surface area contributed by atoms with Crippen LogP contribution in [0.4, 0.5) is 5.69 Å². The molecule has 0 N–H and O–H groups in total. The van der Waals surface area contributed by atoms with Gasteiger partial charge in [0.25, 0.3) is 0 Å². The summed E-state index contributed by atoms with van der Waals surface area (Å²) in [6, 6.07) is 6.42. The number of amidine groups is 1. The minimum Gasteiger partial charge on any atom is -0.350 e. The van der Waals surface area contributed by atoms with E-state index in [1.54, 1.807) is 0 Å². The first kappa shape index (κ1) is 14.0. The Morgan fingerprint density at radius 1 is 1.25 bits per heavy atom. The molecule has 1 aliphatic carbocycles. The molecule has 108 valence electrons. The Balaban J connectivity index is 1.76. The molecule has 1 heterocycles. The quantitative estimate of drug-likeness (QED) is 0.812. The lowest BCUT2D eigenvalue weighted by Gasteiger charge is -2.22. The predicted octanol–water partition coefficient (Wildman–Crippen LogP) is 4.53.